The molecule has 2 aromatic carbocycles. The quantitative estimate of drug-likeness (QED) is 0.395. The molecule has 2 aliphatic rings. The van der Waals surface area contributed by atoms with E-state index < -0.39 is 40.3 Å². The van der Waals surface area contributed by atoms with Crippen molar-refractivity contribution < 1.29 is 36.7 Å². The molecule has 1 aromatic heterocycles. The van der Waals surface area contributed by atoms with Crippen LogP contribution in [0.3, 0.4) is 0 Å². The highest BCUT2D eigenvalue weighted by Gasteiger charge is 2.43. The standard InChI is InChI=1S/C28H29N3O8S/c1-37-20-8-4-7-19(15-20)26(27(33)29-16-21-9-5-13-38-21)30(17-22-10-6-14-39-22)25(32)18-31-28(34)23-11-2-3-12-24(23)40(31,35)36/h2-4,6-8,10-12,14-15,21,26H,5,9,13,16-18H2,1H3,(H,29,33)/t21-,26+/m1/s1. The fraction of sp³-hybridized carbons (Fsp3) is 0.321. The second-order valence-corrected chi connectivity index (χ2v) is 11.3. The molecular formula is C28H29N3O8S. The molecule has 0 radical (unpaired) electrons. The molecule has 0 spiro atoms. The van der Waals surface area contributed by atoms with Crippen molar-refractivity contribution >= 4 is 27.7 Å². The number of hydrogen-bond donors (Lipinski definition) is 1. The van der Waals surface area contributed by atoms with Crippen molar-refractivity contribution in [2.75, 3.05) is 26.8 Å². The average Bonchev–Trinajstić information content (AvgIpc) is 3.71. The molecule has 40 heavy (non-hydrogen) atoms. The van der Waals surface area contributed by atoms with Gasteiger partial charge in [-0.2, -0.15) is 0 Å². The molecule has 11 nitrogen and oxygen atoms in total. The first kappa shape index (κ1) is 27.4. The summed E-state index contributed by atoms with van der Waals surface area (Å²) in [7, 11) is -2.77. The Morgan fingerprint density at radius 3 is 2.67 bits per heavy atom. The molecule has 1 N–H and O–H groups in total. The van der Waals surface area contributed by atoms with Gasteiger partial charge in [0, 0.05) is 13.2 Å². The lowest BCUT2D eigenvalue weighted by atomic mass is 10.0. The zero-order valence-corrected chi connectivity index (χ0v) is 22.6. The lowest BCUT2D eigenvalue weighted by molar-refractivity contribution is -0.142. The number of carbonyl (C=O) groups is 3. The van der Waals surface area contributed by atoms with E-state index in [1.165, 1.54) is 36.5 Å². The van der Waals surface area contributed by atoms with Gasteiger partial charge in [0.2, 0.25) is 11.8 Å². The topological polar surface area (TPSA) is 135 Å². The smallest absolute Gasteiger partial charge is 0.269 e. The molecule has 0 saturated carbocycles. The minimum absolute atomic E-state index is 0.00784. The highest BCUT2D eigenvalue weighted by atomic mass is 32.2. The van der Waals surface area contributed by atoms with Gasteiger partial charge in [-0.15, -0.1) is 0 Å². The Morgan fingerprint density at radius 1 is 1.15 bits per heavy atom. The largest absolute Gasteiger partial charge is 0.497 e. The van der Waals surface area contributed by atoms with Crippen LogP contribution in [0.1, 0.15) is 40.6 Å². The van der Waals surface area contributed by atoms with Crippen LogP contribution in [0, 0.1) is 0 Å². The van der Waals surface area contributed by atoms with E-state index in [-0.39, 0.29) is 29.7 Å². The van der Waals surface area contributed by atoms with Crippen molar-refractivity contribution in [3.8, 4) is 5.75 Å². The Morgan fingerprint density at radius 2 is 1.98 bits per heavy atom. The van der Waals surface area contributed by atoms with Gasteiger partial charge in [-0.3, -0.25) is 14.4 Å². The van der Waals surface area contributed by atoms with Crippen LogP contribution < -0.4 is 10.1 Å². The molecule has 0 unspecified atom stereocenters. The van der Waals surface area contributed by atoms with Crippen molar-refractivity contribution in [1.82, 2.24) is 14.5 Å². The van der Waals surface area contributed by atoms with E-state index in [2.05, 4.69) is 5.32 Å². The number of ether oxygens (including phenoxy) is 2. The Labute approximate surface area is 231 Å². The van der Waals surface area contributed by atoms with Gasteiger partial charge in [0.15, 0.2) is 0 Å². The van der Waals surface area contributed by atoms with Crippen molar-refractivity contribution in [2.45, 2.75) is 36.4 Å². The van der Waals surface area contributed by atoms with Crippen LogP contribution in [-0.2, 0) is 30.9 Å². The number of sulfonamides is 1. The van der Waals surface area contributed by atoms with Crippen LogP contribution in [-0.4, -0.2) is 68.3 Å². The van der Waals surface area contributed by atoms with E-state index in [0.717, 1.165) is 12.8 Å². The minimum atomic E-state index is -4.25. The van der Waals surface area contributed by atoms with Crippen LogP contribution in [0.5, 0.6) is 5.75 Å². The van der Waals surface area contributed by atoms with E-state index >= 15 is 0 Å². The van der Waals surface area contributed by atoms with E-state index in [4.69, 9.17) is 13.9 Å². The number of hydrogen-bond acceptors (Lipinski definition) is 8. The molecule has 3 amide bonds. The number of fused-ring (bicyclic) bond motifs is 1. The molecule has 0 bridgehead atoms. The number of amides is 3. The van der Waals surface area contributed by atoms with Crippen molar-refractivity contribution in [2.24, 2.45) is 0 Å². The fourth-order valence-corrected chi connectivity index (χ4v) is 6.41. The average molecular weight is 568 g/mol. The zero-order chi connectivity index (χ0) is 28.3. The lowest BCUT2D eigenvalue weighted by Crippen LogP contribution is -2.48. The third-order valence-corrected chi connectivity index (χ3v) is 8.70. The summed E-state index contributed by atoms with van der Waals surface area (Å²) < 4.78 is 43.4. The molecule has 2 atom stereocenters. The molecular weight excluding hydrogens is 538 g/mol. The predicted molar refractivity (Wildman–Crippen MR) is 142 cm³/mol. The second-order valence-electron chi connectivity index (χ2n) is 9.47. The third kappa shape index (κ3) is 5.45. The van der Waals surface area contributed by atoms with Gasteiger partial charge in [-0.25, -0.2) is 12.7 Å². The number of benzene rings is 2. The van der Waals surface area contributed by atoms with Crippen LogP contribution in [0.15, 0.2) is 76.2 Å². The van der Waals surface area contributed by atoms with Crippen LogP contribution in [0.4, 0.5) is 0 Å². The number of nitrogens with one attached hydrogen (secondary N) is 1. The first-order valence-corrected chi connectivity index (χ1v) is 14.2. The molecule has 210 valence electrons. The number of nitrogens with zero attached hydrogens (tertiary/aromatic N) is 2. The van der Waals surface area contributed by atoms with Crippen LogP contribution in [0.2, 0.25) is 0 Å². The summed E-state index contributed by atoms with van der Waals surface area (Å²) in [6.07, 6.45) is 2.98. The number of carbonyl (C=O) groups excluding carboxylic acids is 3. The number of furan rings is 1. The fourth-order valence-electron chi connectivity index (χ4n) is 4.90. The summed E-state index contributed by atoms with van der Waals surface area (Å²) in [5.74, 6) is -1.23. The third-order valence-electron chi connectivity index (χ3n) is 6.92. The molecule has 5 rings (SSSR count). The molecule has 0 aliphatic carbocycles. The van der Waals surface area contributed by atoms with Gasteiger partial charge in [-0.05, 0) is 54.8 Å². The molecule has 12 heteroatoms. The van der Waals surface area contributed by atoms with Gasteiger partial charge in [-0.1, -0.05) is 24.3 Å². The molecule has 3 aromatic rings. The second kappa shape index (κ2) is 11.5. The normalized spacial score (nSPS) is 18.3. The van der Waals surface area contributed by atoms with E-state index in [1.54, 1.807) is 42.5 Å². The van der Waals surface area contributed by atoms with E-state index in [9.17, 15) is 22.8 Å². The Bertz CT molecular complexity index is 1500. The number of rotatable bonds is 10. The Kier molecular flexibility index (Phi) is 7.90. The van der Waals surface area contributed by atoms with Gasteiger partial charge in [0.25, 0.3) is 15.9 Å². The van der Waals surface area contributed by atoms with Gasteiger partial charge >= 0.3 is 0 Å². The predicted octanol–water partition coefficient (Wildman–Crippen LogP) is 2.50. The van der Waals surface area contributed by atoms with Crippen molar-refractivity contribution in [3.63, 3.8) is 0 Å². The lowest BCUT2D eigenvalue weighted by Gasteiger charge is -2.32. The van der Waals surface area contributed by atoms with E-state index in [1.807, 2.05) is 0 Å². The Hall–Kier alpha value is -4.16. The summed E-state index contributed by atoms with van der Waals surface area (Å²) in [6, 6.07) is 14.6. The molecule has 3 heterocycles. The van der Waals surface area contributed by atoms with E-state index in [0.29, 0.717) is 28.0 Å². The van der Waals surface area contributed by atoms with Gasteiger partial charge < -0.3 is 24.1 Å². The first-order chi connectivity index (χ1) is 19.3. The molecule has 1 saturated heterocycles. The molecule has 1 fully saturated rings. The monoisotopic (exact) mass is 567 g/mol. The van der Waals surface area contributed by atoms with Crippen molar-refractivity contribution in [3.05, 3.63) is 83.8 Å². The van der Waals surface area contributed by atoms with Crippen LogP contribution >= 0.6 is 0 Å². The highest BCUT2D eigenvalue weighted by Crippen LogP contribution is 2.32. The van der Waals surface area contributed by atoms with Gasteiger partial charge in [0.05, 0.1) is 31.6 Å². The maximum absolute atomic E-state index is 13.9. The number of methoxy groups -OCH3 is 1. The Balaban J connectivity index is 1.50. The summed E-state index contributed by atoms with van der Waals surface area (Å²) in [4.78, 5) is 41.8. The molecule has 2 aliphatic heterocycles. The highest BCUT2D eigenvalue weighted by molar-refractivity contribution is 7.90. The maximum Gasteiger partial charge on any atom is 0.269 e. The van der Waals surface area contributed by atoms with Crippen LogP contribution in [0.25, 0.3) is 0 Å². The maximum atomic E-state index is 13.9. The summed E-state index contributed by atoms with van der Waals surface area (Å²) >= 11 is 0. The summed E-state index contributed by atoms with van der Waals surface area (Å²) in [5.41, 5.74) is 0.425. The SMILES string of the molecule is COc1cccc([C@@H](C(=O)NC[C@H]2CCCO2)N(Cc2ccco2)C(=O)CN2C(=O)c3ccccc3S2(=O)=O)c1. The summed E-state index contributed by atoms with van der Waals surface area (Å²) in [6.45, 7) is -0.0911. The van der Waals surface area contributed by atoms with Crippen molar-refractivity contribution in [1.29, 1.82) is 0 Å². The zero-order valence-electron chi connectivity index (χ0n) is 21.8. The summed E-state index contributed by atoms with van der Waals surface area (Å²) in [5, 5.41) is 2.88. The van der Waals surface area contributed by atoms with Gasteiger partial charge in [0.1, 0.15) is 29.0 Å². The minimum Gasteiger partial charge on any atom is -0.497 e. The first-order valence-electron chi connectivity index (χ1n) is 12.8.